The maximum atomic E-state index is 12.2. The second-order valence-corrected chi connectivity index (χ2v) is 16.1. The first-order valence-electron chi connectivity index (χ1n) is 14.6. The van der Waals surface area contributed by atoms with Crippen LogP contribution in [0.4, 0.5) is 4.79 Å². The molecule has 2 amide bonds. The number of benzene rings is 1. The molecule has 0 aliphatic carbocycles. The number of carbonyl (C=O) groups is 3. The Morgan fingerprint density at radius 1 is 1.24 bits per heavy atom. The van der Waals surface area contributed by atoms with Crippen LogP contribution in [-0.4, -0.2) is 117 Å². The summed E-state index contributed by atoms with van der Waals surface area (Å²) in [6.45, 7) is 7.45. The van der Waals surface area contributed by atoms with Gasteiger partial charge < -0.3 is 45.2 Å². The smallest absolute Gasteiger partial charge is 0.378 e. The first kappa shape index (κ1) is 40.4. The van der Waals surface area contributed by atoms with Gasteiger partial charge in [-0.05, 0) is 24.5 Å². The molecular formula is C29H43BN3O9S4. The van der Waals surface area contributed by atoms with Gasteiger partial charge in [0.15, 0.2) is 0 Å². The fourth-order valence-corrected chi connectivity index (χ4v) is 6.65. The molecule has 2 unspecified atom stereocenters. The fraction of sp³-hybridized carbons (Fsp3) is 0.621. The number of carbonyl (C=O) groups excluding carboxylic acids is 3. The third kappa shape index (κ3) is 17.4. The van der Waals surface area contributed by atoms with Crippen LogP contribution in [0.2, 0.25) is 0 Å². The number of nitrogens with two attached hydrogens (primary N) is 1. The van der Waals surface area contributed by atoms with Crippen molar-refractivity contribution in [2.75, 3.05) is 58.9 Å². The maximum absolute atomic E-state index is 12.2. The van der Waals surface area contributed by atoms with Gasteiger partial charge in [-0.3, -0.25) is 9.59 Å². The SMILES string of the molecule is CSSC(=O)O[C@@H]1C[C@H]([B]C#CCNC(=O)COCCOC(COc2cccc(C(=O)NCCN)c2)SSC(C)(C)C)OC1CO. The molecule has 255 valence electrons. The van der Waals surface area contributed by atoms with E-state index < -0.39 is 23.5 Å². The molecule has 1 aromatic carbocycles. The van der Waals surface area contributed by atoms with E-state index in [-0.39, 0.29) is 61.6 Å². The molecule has 46 heavy (non-hydrogen) atoms. The standard InChI is InChI=1S/C29H43BN3O9S4/c1-29(2,3)46-44-26(19-40-21-8-5-7-20(15-21)27(36)33-12-10-31)39-14-13-38-18-25(35)32-11-6-9-30-24-16-22(23(17-34)41-24)42-28(37)45-43-4/h5,7-8,15,22-24,26,34H,10-14,16-19,31H2,1-4H3,(H,32,35)(H,33,36)/t22-,23?,24-,26?/m1/s1. The van der Waals surface area contributed by atoms with Gasteiger partial charge >= 0.3 is 5.30 Å². The summed E-state index contributed by atoms with van der Waals surface area (Å²) in [6.07, 6.45) is 1.02. The van der Waals surface area contributed by atoms with Crippen molar-refractivity contribution in [3.63, 3.8) is 0 Å². The number of nitrogens with one attached hydrogen (secondary N) is 2. The van der Waals surface area contributed by atoms with E-state index in [0.717, 1.165) is 10.8 Å². The Labute approximate surface area is 287 Å². The largest absolute Gasteiger partial charge is 0.490 e. The zero-order chi connectivity index (χ0) is 33.8. The topological polar surface area (TPSA) is 168 Å². The summed E-state index contributed by atoms with van der Waals surface area (Å²) < 4.78 is 28.4. The van der Waals surface area contributed by atoms with Crippen LogP contribution in [0.3, 0.4) is 0 Å². The van der Waals surface area contributed by atoms with Crippen LogP contribution in [0.1, 0.15) is 37.6 Å². The van der Waals surface area contributed by atoms with Crippen molar-refractivity contribution in [3.05, 3.63) is 29.8 Å². The van der Waals surface area contributed by atoms with Crippen LogP contribution >= 0.6 is 43.2 Å². The molecule has 1 fully saturated rings. The number of amides is 2. The van der Waals surface area contributed by atoms with Gasteiger partial charge in [0.05, 0.1) is 26.4 Å². The van der Waals surface area contributed by atoms with E-state index in [2.05, 4.69) is 43.1 Å². The first-order chi connectivity index (χ1) is 22.0. The van der Waals surface area contributed by atoms with Crippen LogP contribution < -0.4 is 21.1 Å². The van der Waals surface area contributed by atoms with Gasteiger partial charge in [-0.2, -0.15) is 5.82 Å². The Morgan fingerprint density at radius 2 is 2.04 bits per heavy atom. The summed E-state index contributed by atoms with van der Waals surface area (Å²) in [4.78, 5) is 36.1. The number of rotatable bonds is 19. The molecular weight excluding hydrogens is 673 g/mol. The van der Waals surface area contributed by atoms with Crippen LogP contribution in [0.5, 0.6) is 5.75 Å². The quantitative estimate of drug-likeness (QED) is 0.0412. The second-order valence-electron chi connectivity index (χ2n) is 10.6. The third-order valence-corrected chi connectivity index (χ3v) is 10.5. The molecule has 1 aromatic rings. The predicted octanol–water partition coefficient (Wildman–Crippen LogP) is 2.70. The van der Waals surface area contributed by atoms with Crippen molar-refractivity contribution >= 4 is 67.6 Å². The highest BCUT2D eigenvalue weighted by molar-refractivity contribution is 8.81. The zero-order valence-corrected chi connectivity index (χ0v) is 29.7. The predicted molar refractivity (Wildman–Crippen MR) is 187 cm³/mol. The van der Waals surface area contributed by atoms with E-state index in [1.54, 1.807) is 59.4 Å². The van der Waals surface area contributed by atoms with E-state index >= 15 is 0 Å². The van der Waals surface area contributed by atoms with Gasteiger partial charge in [-0.25, -0.2) is 4.79 Å². The Kier molecular flexibility index (Phi) is 20.0. The average Bonchev–Trinajstić information content (AvgIpc) is 3.41. The number of aliphatic hydroxyl groups is 1. The molecule has 5 N–H and O–H groups in total. The van der Waals surface area contributed by atoms with Crippen molar-refractivity contribution < 1.29 is 43.2 Å². The highest BCUT2D eigenvalue weighted by atomic mass is 33.1. The highest BCUT2D eigenvalue weighted by Crippen LogP contribution is 2.38. The van der Waals surface area contributed by atoms with Crippen LogP contribution in [0.25, 0.3) is 0 Å². The van der Waals surface area contributed by atoms with Crippen LogP contribution in [-0.2, 0) is 23.7 Å². The average molecular weight is 717 g/mol. The minimum Gasteiger partial charge on any atom is -0.490 e. The molecule has 0 aromatic heterocycles. The van der Waals surface area contributed by atoms with E-state index in [9.17, 15) is 19.5 Å². The normalized spacial score (nSPS) is 18.2. The van der Waals surface area contributed by atoms with Crippen LogP contribution in [0, 0.1) is 11.7 Å². The molecule has 1 aliphatic heterocycles. The molecule has 4 atom stereocenters. The lowest BCUT2D eigenvalue weighted by Crippen LogP contribution is -2.29. The lowest BCUT2D eigenvalue weighted by Gasteiger charge is -2.22. The lowest BCUT2D eigenvalue weighted by molar-refractivity contribution is -0.126. The van der Waals surface area contributed by atoms with Crippen LogP contribution in [0.15, 0.2) is 24.3 Å². The number of ether oxygens (including phenoxy) is 5. The van der Waals surface area contributed by atoms with E-state index in [1.165, 1.54) is 10.8 Å². The summed E-state index contributed by atoms with van der Waals surface area (Å²) >= 11 is 0. The maximum Gasteiger partial charge on any atom is 0.378 e. The summed E-state index contributed by atoms with van der Waals surface area (Å²) in [5.74, 6) is 5.66. The van der Waals surface area contributed by atoms with E-state index in [1.807, 2.05) is 0 Å². The number of hydrogen-bond donors (Lipinski definition) is 4. The van der Waals surface area contributed by atoms with Gasteiger partial charge in [0.25, 0.3) is 13.2 Å². The minimum absolute atomic E-state index is 0.00143. The molecule has 1 aliphatic rings. The zero-order valence-electron chi connectivity index (χ0n) is 26.5. The molecule has 0 spiro atoms. The second kappa shape index (κ2) is 22.8. The summed E-state index contributed by atoms with van der Waals surface area (Å²) in [5.41, 5.74) is 5.62. The molecule has 1 saturated heterocycles. The van der Waals surface area contributed by atoms with Crippen molar-refractivity contribution in [3.8, 4) is 17.5 Å². The molecule has 0 saturated carbocycles. The van der Waals surface area contributed by atoms with Gasteiger partial charge in [-0.1, -0.05) is 65.1 Å². The third-order valence-electron chi connectivity index (χ3n) is 5.64. The molecule has 2 rings (SSSR count). The Hall–Kier alpha value is -1.75. The van der Waals surface area contributed by atoms with E-state index in [4.69, 9.17) is 29.4 Å². The van der Waals surface area contributed by atoms with Crippen molar-refractivity contribution in [1.82, 2.24) is 10.6 Å². The summed E-state index contributed by atoms with van der Waals surface area (Å²) in [5, 5.41) is 14.5. The fourth-order valence-electron chi connectivity index (χ4n) is 3.63. The number of hydrogen-bond acceptors (Lipinski definition) is 14. The first-order valence-corrected chi connectivity index (χ1v) is 19.3. The van der Waals surface area contributed by atoms with E-state index in [0.29, 0.717) is 30.8 Å². The molecule has 12 nitrogen and oxygen atoms in total. The van der Waals surface area contributed by atoms with Crippen molar-refractivity contribution in [1.29, 1.82) is 0 Å². The lowest BCUT2D eigenvalue weighted by atomic mass is 9.71. The monoisotopic (exact) mass is 716 g/mol. The highest BCUT2D eigenvalue weighted by Gasteiger charge is 2.37. The van der Waals surface area contributed by atoms with Crippen molar-refractivity contribution in [2.24, 2.45) is 5.73 Å². The molecule has 17 heteroatoms. The summed E-state index contributed by atoms with van der Waals surface area (Å²) in [7, 11) is 7.08. The molecule has 1 heterocycles. The van der Waals surface area contributed by atoms with Gasteiger partial charge in [-0.15, -0.1) is 0 Å². The van der Waals surface area contributed by atoms with Gasteiger partial charge in [0.2, 0.25) is 5.91 Å². The summed E-state index contributed by atoms with van der Waals surface area (Å²) in [6, 6.07) is 6.51. The number of aliphatic hydroxyl groups excluding tert-OH is 1. The minimum atomic E-state index is -0.604. The molecule has 1 radical (unpaired) electrons. The Balaban J connectivity index is 1.68. The van der Waals surface area contributed by atoms with Gasteiger partial charge in [0, 0.05) is 46.6 Å². The van der Waals surface area contributed by atoms with Gasteiger partial charge in [0.1, 0.15) is 36.6 Å². The molecule has 0 bridgehead atoms. The van der Waals surface area contributed by atoms with Crippen molar-refractivity contribution in [2.45, 2.75) is 55.6 Å². The Morgan fingerprint density at radius 3 is 2.76 bits per heavy atom. The Bertz CT molecular complexity index is 1150.